The number of benzene rings is 1. The Morgan fingerprint density at radius 3 is 2.33 bits per heavy atom. The van der Waals surface area contributed by atoms with Crippen LogP contribution in [0, 0.1) is 0 Å². The van der Waals surface area contributed by atoms with Gasteiger partial charge in [0, 0.05) is 12.1 Å². The van der Waals surface area contributed by atoms with Crippen molar-refractivity contribution in [1.82, 2.24) is 4.57 Å². The molecule has 2 aromatic rings. The molecular formula is C11H12BNO5. The molecule has 0 radical (unpaired) electrons. The maximum atomic E-state index is 9.50. The van der Waals surface area contributed by atoms with Gasteiger partial charge in [-0.05, 0) is 17.7 Å². The van der Waals surface area contributed by atoms with Crippen molar-refractivity contribution in [3.63, 3.8) is 0 Å². The topological polar surface area (TPSA) is 95.1 Å². The minimum Gasteiger partial charge on any atom is -0.512 e. The molecule has 18 heavy (non-hydrogen) atoms. The van der Waals surface area contributed by atoms with Crippen LogP contribution >= 0.6 is 0 Å². The van der Waals surface area contributed by atoms with E-state index in [2.05, 4.69) is 0 Å². The lowest BCUT2D eigenvalue weighted by molar-refractivity contribution is 0.288. The average molecular weight is 249 g/mol. The van der Waals surface area contributed by atoms with Gasteiger partial charge in [-0.15, -0.1) is 0 Å². The van der Waals surface area contributed by atoms with Crippen LogP contribution in [-0.4, -0.2) is 32.1 Å². The minimum atomic E-state index is -1.88. The zero-order valence-electron chi connectivity index (χ0n) is 9.39. The zero-order chi connectivity index (χ0) is 13.1. The summed E-state index contributed by atoms with van der Waals surface area (Å²) in [5.74, 6) is 0.177. The molecule has 7 heteroatoms. The van der Waals surface area contributed by atoms with Crippen molar-refractivity contribution < 1.29 is 24.9 Å². The van der Waals surface area contributed by atoms with Crippen molar-refractivity contribution >= 4 is 7.32 Å². The molecule has 1 heterocycles. The van der Waals surface area contributed by atoms with E-state index in [0.29, 0.717) is 0 Å². The van der Waals surface area contributed by atoms with Crippen LogP contribution in [0.1, 0.15) is 5.56 Å². The molecule has 0 unspecified atom stereocenters. The molecular weight excluding hydrogens is 237 g/mol. The Bertz CT molecular complexity index is 520. The van der Waals surface area contributed by atoms with Gasteiger partial charge in [0.2, 0.25) is 0 Å². The Kier molecular flexibility index (Phi) is 3.45. The van der Waals surface area contributed by atoms with Crippen molar-refractivity contribution in [1.29, 1.82) is 0 Å². The Hall–Kier alpha value is -2.12. The summed E-state index contributed by atoms with van der Waals surface area (Å²) >= 11 is 0. The van der Waals surface area contributed by atoms with Crippen LogP contribution in [0.2, 0.25) is 0 Å². The number of hydrogen-bond donors (Lipinski definition) is 4. The summed E-state index contributed by atoms with van der Waals surface area (Å²) in [6, 6.07) is 9.34. The number of aromatic nitrogens is 1. The Labute approximate surface area is 103 Å². The molecule has 94 valence electrons. The second-order valence-corrected chi connectivity index (χ2v) is 3.73. The van der Waals surface area contributed by atoms with Crippen LogP contribution < -0.4 is 4.65 Å². The number of nitrogens with zero attached hydrogens (tertiary/aromatic N) is 1. The molecule has 1 aromatic carbocycles. The lowest BCUT2D eigenvalue weighted by Crippen LogP contribution is -2.20. The van der Waals surface area contributed by atoms with Gasteiger partial charge in [-0.2, -0.15) is 0 Å². The number of aromatic hydroxyl groups is 2. The highest BCUT2D eigenvalue weighted by molar-refractivity contribution is 6.33. The van der Waals surface area contributed by atoms with E-state index < -0.39 is 7.32 Å². The van der Waals surface area contributed by atoms with Crippen molar-refractivity contribution in [2.75, 3.05) is 0 Å². The maximum absolute atomic E-state index is 9.50. The first-order valence-electron chi connectivity index (χ1n) is 5.25. The highest BCUT2D eigenvalue weighted by atomic mass is 16.6. The van der Waals surface area contributed by atoms with E-state index in [1.54, 1.807) is 24.3 Å². The zero-order valence-corrected chi connectivity index (χ0v) is 9.39. The van der Waals surface area contributed by atoms with Crippen LogP contribution in [0.5, 0.6) is 17.5 Å². The normalized spacial score (nSPS) is 10.3. The standard InChI is InChI=1S/C11H12BNO5/c14-10-4-5-11(15)13(10)7-8-2-1-3-9(6-8)18-12(16)17/h1-6,14-17H,7H2. The first-order chi connectivity index (χ1) is 8.56. The second-order valence-electron chi connectivity index (χ2n) is 3.73. The van der Waals surface area contributed by atoms with Gasteiger partial charge in [0.05, 0.1) is 6.54 Å². The Balaban J connectivity index is 2.19. The average Bonchev–Trinajstić information content (AvgIpc) is 2.60. The molecule has 0 fully saturated rings. The van der Waals surface area contributed by atoms with Gasteiger partial charge >= 0.3 is 7.32 Å². The summed E-state index contributed by atoms with van der Waals surface area (Å²) in [4.78, 5) is 0. The summed E-state index contributed by atoms with van der Waals surface area (Å²) in [6.45, 7) is 0.239. The Morgan fingerprint density at radius 2 is 1.72 bits per heavy atom. The lowest BCUT2D eigenvalue weighted by Gasteiger charge is -2.09. The summed E-state index contributed by atoms with van der Waals surface area (Å²) < 4.78 is 6.01. The fourth-order valence-corrected chi connectivity index (χ4v) is 1.63. The Morgan fingerprint density at radius 1 is 1.06 bits per heavy atom. The third-order valence-electron chi connectivity index (χ3n) is 2.42. The molecule has 0 aliphatic rings. The van der Waals surface area contributed by atoms with Crippen LogP contribution in [0.25, 0.3) is 0 Å². The summed E-state index contributed by atoms with van der Waals surface area (Å²) in [6.07, 6.45) is 0. The predicted octanol–water partition coefficient (Wildman–Crippen LogP) is 0.296. The molecule has 0 saturated heterocycles. The van der Waals surface area contributed by atoms with Gasteiger partial charge in [0.25, 0.3) is 0 Å². The quantitative estimate of drug-likeness (QED) is 0.584. The van der Waals surface area contributed by atoms with E-state index in [1.165, 1.54) is 16.7 Å². The lowest BCUT2D eigenvalue weighted by atomic mass is 10.2. The van der Waals surface area contributed by atoms with Crippen LogP contribution in [0.15, 0.2) is 36.4 Å². The van der Waals surface area contributed by atoms with Crippen molar-refractivity contribution in [2.45, 2.75) is 6.54 Å². The predicted molar refractivity (Wildman–Crippen MR) is 64.1 cm³/mol. The molecule has 0 bridgehead atoms. The molecule has 2 rings (SSSR count). The molecule has 4 N–H and O–H groups in total. The number of hydrogen-bond acceptors (Lipinski definition) is 5. The largest absolute Gasteiger partial charge is 0.707 e. The molecule has 0 saturated carbocycles. The molecule has 0 amide bonds. The fourth-order valence-electron chi connectivity index (χ4n) is 1.63. The van der Waals surface area contributed by atoms with Crippen LogP contribution in [0.4, 0.5) is 0 Å². The molecule has 0 atom stereocenters. The maximum Gasteiger partial charge on any atom is 0.707 e. The van der Waals surface area contributed by atoms with E-state index >= 15 is 0 Å². The summed E-state index contributed by atoms with van der Waals surface area (Å²) in [7, 11) is -1.88. The summed E-state index contributed by atoms with van der Waals surface area (Å²) in [5.41, 5.74) is 0.731. The molecule has 1 aromatic heterocycles. The third-order valence-corrected chi connectivity index (χ3v) is 2.42. The first-order valence-corrected chi connectivity index (χ1v) is 5.25. The monoisotopic (exact) mass is 249 g/mol. The van der Waals surface area contributed by atoms with Crippen molar-refractivity contribution in [2.24, 2.45) is 0 Å². The van der Waals surface area contributed by atoms with Crippen LogP contribution in [0.3, 0.4) is 0 Å². The fraction of sp³-hybridized carbons (Fsp3) is 0.0909. The number of rotatable bonds is 4. The van der Waals surface area contributed by atoms with Gasteiger partial charge in [-0.3, -0.25) is 4.57 Å². The molecule has 0 aliphatic heterocycles. The van der Waals surface area contributed by atoms with Crippen molar-refractivity contribution in [3.8, 4) is 17.5 Å². The van der Waals surface area contributed by atoms with E-state index in [1.807, 2.05) is 0 Å². The smallest absolute Gasteiger partial charge is 0.512 e. The first kappa shape index (κ1) is 12.3. The van der Waals surface area contributed by atoms with Crippen molar-refractivity contribution in [3.05, 3.63) is 42.0 Å². The third kappa shape index (κ3) is 2.76. The van der Waals surface area contributed by atoms with Gasteiger partial charge in [0.15, 0.2) is 11.8 Å². The van der Waals surface area contributed by atoms with E-state index in [0.717, 1.165) is 5.56 Å². The molecule has 6 nitrogen and oxygen atoms in total. The van der Waals surface area contributed by atoms with E-state index in [-0.39, 0.29) is 24.1 Å². The summed E-state index contributed by atoms with van der Waals surface area (Å²) in [5, 5.41) is 36.4. The highest BCUT2D eigenvalue weighted by Crippen LogP contribution is 2.23. The van der Waals surface area contributed by atoms with Crippen LogP contribution in [-0.2, 0) is 6.54 Å². The van der Waals surface area contributed by atoms with Gasteiger partial charge in [-0.25, -0.2) is 0 Å². The van der Waals surface area contributed by atoms with E-state index in [9.17, 15) is 10.2 Å². The van der Waals surface area contributed by atoms with Gasteiger partial charge in [0.1, 0.15) is 5.75 Å². The highest BCUT2D eigenvalue weighted by Gasteiger charge is 2.12. The van der Waals surface area contributed by atoms with E-state index in [4.69, 9.17) is 14.7 Å². The SMILES string of the molecule is OB(O)Oc1cccc(Cn2c(O)ccc2O)c1. The molecule has 0 spiro atoms. The second kappa shape index (κ2) is 5.03. The van der Waals surface area contributed by atoms with Gasteiger partial charge < -0.3 is 24.9 Å². The van der Waals surface area contributed by atoms with Gasteiger partial charge in [-0.1, -0.05) is 12.1 Å². The molecule has 0 aliphatic carbocycles. The minimum absolute atomic E-state index is 0.0546.